The summed E-state index contributed by atoms with van der Waals surface area (Å²) < 4.78 is 12.3. The van der Waals surface area contributed by atoms with Gasteiger partial charge in [-0.15, -0.1) is 0 Å². The third kappa shape index (κ3) is 4.62. The lowest BCUT2D eigenvalue weighted by Gasteiger charge is -2.44. The third-order valence-electron chi connectivity index (χ3n) is 5.53. The van der Waals surface area contributed by atoms with E-state index in [1.165, 1.54) is 0 Å². The van der Waals surface area contributed by atoms with Crippen molar-refractivity contribution in [3.05, 3.63) is 60.7 Å². The highest BCUT2D eigenvalue weighted by Crippen LogP contribution is 2.27. The molecule has 0 spiro atoms. The van der Waals surface area contributed by atoms with Crippen molar-refractivity contribution in [2.45, 2.75) is 56.5 Å². The van der Waals surface area contributed by atoms with E-state index in [2.05, 4.69) is 6.92 Å². The number of aliphatic hydroxyl groups excluding tert-OH is 4. The van der Waals surface area contributed by atoms with Crippen LogP contribution in [0.3, 0.4) is 0 Å². The van der Waals surface area contributed by atoms with Crippen LogP contribution in [0, 0.1) is 0 Å². The second kappa shape index (κ2) is 9.95. The van der Waals surface area contributed by atoms with E-state index in [4.69, 9.17) is 9.16 Å². The topological polar surface area (TPSA) is 99.4 Å². The summed E-state index contributed by atoms with van der Waals surface area (Å²) in [5, 5.41) is 42.5. The Morgan fingerprint density at radius 2 is 1.41 bits per heavy atom. The molecule has 3 rings (SSSR count). The van der Waals surface area contributed by atoms with Gasteiger partial charge in [0.2, 0.25) is 0 Å². The lowest BCUT2D eigenvalue weighted by molar-refractivity contribution is -0.279. The molecule has 1 heterocycles. The first-order chi connectivity index (χ1) is 14.0. The predicted octanol–water partition coefficient (Wildman–Crippen LogP) is 0.363. The quantitative estimate of drug-likeness (QED) is 0.462. The summed E-state index contributed by atoms with van der Waals surface area (Å²) >= 11 is 0. The van der Waals surface area contributed by atoms with E-state index in [-0.39, 0.29) is 0 Å². The molecule has 1 aliphatic rings. The summed E-state index contributed by atoms with van der Waals surface area (Å²) in [6.45, 7) is 1.63. The Hall–Kier alpha value is -1.58. The minimum Gasteiger partial charge on any atom is -0.394 e. The molecule has 0 amide bonds. The van der Waals surface area contributed by atoms with Gasteiger partial charge in [0.25, 0.3) is 8.32 Å². The summed E-state index contributed by atoms with van der Waals surface area (Å²) in [5.41, 5.74) is 0. The highest BCUT2D eigenvalue weighted by molar-refractivity contribution is 6.97. The normalized spacial score (nSPS) is 27.7. The van der Waals surface area contributed by atoms with Crippen molar-refractivity contribution in [1.29, 1.82) is 0 Å². The maximum atomic E-state index is 10.6. The molecule has 158 valence electrons. The zero-order valence-electron chi connectivity index (χ0n) is 16.6. The first kappa shape index (κ1) is 22.1. The van der Waals surface area contributed by atoms with Crippen molar-refractivity contribution >= 4 is 18.7 Å². The molecule has 1 aliphatic heterocycles. The van der Waals surface area contributed by atoms with Gasteiger partial charge in [-0.1, -0.05) is 80.4 Å². The van der Waals surface area contributed by atoms with Crippen molar-refractivity contribution in [2.75, 3.05) is 6.61 Å². The molecule has 6 nitrogen and oxygen atoms in total. The fourth-order valence-corrected chi connectivity index (χ4v) is 8.06. The Balaban J connectivity index is 2.05. The van der Waals surface area contributed by atoms with Gasteiger partial charge in [-0.2, -0.15) is 0 Å². The standard InChI is InChI=1S/C22H30O6Si/c1-2-3-14-29(16-10-6-4-7-11-16,17-12-8-5-9-13-17)28-22-21(26)20(25)19(24)18(15-23)27-22/h4-13,18-26H,2-3,14-15H2,1H3/t18-,19-,20+,21-,22+/m1/s1. The Bertz CT molecular complexity index is 702. The van der Waals surface area contributed by atoms with Gasteiger partial charge in [-0.25, -0.2) is 0 Å². The second-order valence-corrected chi connectivity index (χ2v) is 11.0. The number of benzene rings is 2. The smallest absolute Gasteiger partial charge is 0.259 e. The molecule has 0 bridgehead atoms. The first-order valence-corrected chi connectivity index (χ1v) is 12.2. The summed E-state index contributed by atoms with van der Waals surface area (Å²) in [4.78, 5) is 0. The zero-order chi connectivity index (χ0) is 20.9. The van der Waals surface area contributed by atoms with E-state index < -0.39 is 45.6 Å². The molecule has 0 saturated carbocycles. The van der Waals surface area contributed by atoms with Crippen LogP contribution in [-0.2, 0) is 9.16 Å². The molecule has 0 radical (unpaired) electrons. The van der Waals surface area contributed by atoms with Gasteiger partial charge >= 0.3 is 0 Å². The van der Waals surface area contributed by atoms with Crippen molar-refractivity contribution in [3.8, 4) is 0 Å². The monoisotopic (exact) mass is 418 g/mol. The largest absolute Gasteiger partial charge is 0.394 e. The highest BCUT2D eigenvalue weighted by atomic mass is 28.4. The van der Waals surface area contributed by atoms with Crippen LogP contribution in [0.5, 0.6) is 0 Å². The van der Waals surface area contributed by atoms with Crippen LogP contribution in [-0.4, -0.2) is 66.1 Å². The molecule has 0 aliphatic carbocycles. The molecular weight excluding hydrogens is 388 g/mol. The number of hydrogen-bond donors (Lipinski definition) is 4. The molecule has 1 saturated heterocycles. The molecule has 0 aromatic heterocycles. The molecule has 1 fully saturated rings. The van der Waals surface area contributed by atoms with Gasteiger partial charge in [0.1, 0.15) is 24.4 Å². The van der Waals surface area contributed by atoms with Crippen molar-refractivity contribution in [3.63, 3.8) is 0 Å². The molecule has 0 unspecified atom stereocenters. The molecular formula is C22H30O6Si. The third-order valence-corrected chi connectivity index (χ3v) is 9.75. The van der Waals surface area contributed by atoms with Crippen LogP contribution in [0.1, 0.15) is 19.8 Å². The van der Waals surface area contributed by atoms with Gasteiger partial charge in [-0.3, -0.25) is 0 Å². The van der Waals surface area contributed by atoms with E-state index in [1.807, 2.05) is 60.7 Å². The minimum absolute atomic E-state index is 0.481. The number of aliphatic hydroxyl groups is 4. The van der Waals surface area contributed by atoms with E-state index in [1.54, 1.807) is 0 Å². The Kier molecular flexibility index (Phi) is 7.59. The van der Waals surface area contributed by atoms with Crippen molar-refractivity contribution in [1.82, 2.24) is 0 Å². The lowest BCUT2D eigenvalue weighted by atomic mass is 10.00. The second-order valence-electron chi connectivity index (χ2n) is 7.48. The van der Waals surface area contributed by atoms with E-state index in [0.29, 0.717) is 0 Å². The van der Waals surface area contributed by atoms with Crippen LogP contribution < -0.4 is 10.4 Å². The average Bonchev–Trinajstić information content (AvgIpc) is 2.78. The molecule has 7 heteroatoms. The zero-order valence-corrected chi connectivity index (χ0v) is 17.6. The number of ether oxygens (including phenoxy) is 1. The van der Waals surface area contributed by atoms with Crippen LogP contribution in [0.25, 0.3) is 0 Å². The van der Waals surface area contributed by atoms with Crippen LogP contribution in [0.4, 0.5) is 0 Å². The van der Waals surface area contributed by atoms with Crippen LogP contribution in [0.2, 0.25) is 6.04 Å². The molecule has 2 aromatic carbocycles. The Morgan fingerprint density at radius 3 is 1.90 bits per heavy atom. The van der Waals surface area contributed by atoms with Gasteiger partial charge < -0.3 is 29.6 Å². The van der Waals surface area contributed by atoms with Crippen molar-refractivity contribution < 1.29 is 29.6 Å². The molecule has 5 atom stereocenters. The van der Waals surface area contributed by atoms with E-state index in [9.17, 15) is 20.4 Å². The lowest BCUT2D eigenvalue weighted by Crippen LogP contribution is -2.67. The predicted molar refractivity (Wildman–Crippen MR) is 112 cm³/mol. The molecule has 2 aromatic rings. The summed E-state index contributed by atoms with van der Waals surface area (Å²) in [6.07, 6.45) is -4.55. The summed E-state index contributed by atoms with van der Waals surface area (Å²) in [5.74, 6) is 0. The average molecular weight is 419 g/mol. The van der Waals surface area contributed by atoms with E-state index in [0.717, 1.165) is 29.3 Å². The summed E-state index contributed by atoms with van der Waals surface area (Å²) in [6, 6.07) is 20.6. The van der Waals surface area contributed by atoms with Crippen LogP contribution in [0.15, 0.2) is 60.7 Å². The maximum Gasteiger partial charge on any atom is 0.259 e. The first-order valence-electron chi connectivity index (χ1n) is 10.1. The number of rotatable bonds is 8. The van der Waals surface area contributed by atoms with Crippen molar-refractivity contribution in [2.24, 2.45) is 0 Å². The number of hydrogen-bond acceptors (Lipinski definition) is 6. The Morgan fingerprint density at radius 1 is 0.862 bits per heavy atom. The fourth-order valence-electron chi connectivity index (χ4n) is 3.85. The minimum atomic E-state index is -2.85. The highest BCUT2D eigenvalue weighted by Gasteiger charge is 2.49. The van der Waals surface area contributed by atoms with Crippen LogP contribution >= 0.6 is 0 Å². The number of unbranched alkanes of at least 4 members (excludes halogenated alkanes) is 1. The molecule has 4 N–H and O–H groups in total. The SMILES string of the molecule is CCCC[Si](O[C@@H]1O[C@H](CO)[C@@H](O)[C@H](O)[C@H]1O)(c1ccccc1)c1ccccc1. The fraction of sp³-hybridized carbons (Fsp3) is 0.455. The van der Waals surface area contributed by atoms with Gasteiger partial charge in [0.15, 0.2) is 6.29 Å². The maximum absolute atomic E-state index is 10.6. The van der Waals surface area contributed by atoms with Gasteiger partial charge in [-0.05, 0) is 16.4 Å². The van der Waals surface area contributed by atoms with E-state index >= 15 is 0 Å². The van der Waals surface area contributed by atoms with Gasteiger partial charge in [0, 0.05) is 0 Å². The molecule has 29 heavy (non-hydrogen) atoms. The Labute approximate surface area is 172 Å². The van der Waals surface area contributed by atoms with Gasteiger partial charge in [0.05, 0.1) is 6.61 Å². The summed E-state index contributed by atoms with van der Waals surface area (Å²) in [7, 11) is -2.85.